The Morgan fingerprint density at radius 3 is 2.67 bits per heavy atom. The summed E-state index contributed by atoms with van der Waals surface area (Å²) in [6.07, 6.45) is 0. The molecule has 1 aromatic carbocycles. The van der Waals surface area contributed by atoms with E-state index in [0.29, 0.717) is 6.07 Å². The van der Waals surface area contributed by atoms with E-state index >= 15 is 0 Å². The number of hydrogen-bond acceptors (Lipinski definition) is 3. The highest BCUT2D eigenvalue weighted by Crippen LogP contribution is 2.18. The van der Waals surface area contributed by atoms with Gasteiger partial charge in [0.2, 0.25) is 0 Å². The summed E-state index contributed by atoms with van der Waals surface area (Å²) >= 11 is 0. The number of hydrogen-bond donors (Lipinski definition) is 1. The van der Waals surface area contributed by atoms with Gasteiger partial charge in [-0.15, -0.1) is 10.1 Å². The molecule has 0 fully saturated rings. The van der Waals surface area contributed by atoms with Crippen molar-refractivity contribution in [3.63, 3.8) is 0 Å². The van der Waals surface area contributed by atoms with Gasteiger partial charge in [0, 0.05) is 6.07 Å². The van der Waals surface area contributed by atoms with Crippen molar-refractivity contribution in [2.24, 2.45) is 5.29 Å². The highest BCUT2D eigenvalue weighted by atomic mass is 19.1. The molecule has 0 aliphatic heterocycles. The molecule has 0 radical (unpaired) electrons. The number of nitroso groups, excluding NO2 is 1. The van der Waals surface area contributed by atoms with Crippen LogP contribution in [-0.4, -0.2) is 5.21 Å². The molecule has 1 rings (SSSR count). The molecular weight excluding hydrogens is 170 g/mol. The van der Waals surface area contributed by atoms with Gasteiger partial charge in [-0.2, -0.15) is 0 Å². The number of benzene rings is 1. The van der Waals surface area contributed by atoms with Gasteiger partial charge in [0.1, 0.15) is 11.5 Å². The molecule has 0 aromatic heterocycles. The Hall–Kier alpha value is -1.56. The second-order valence-electron chi connectivity index (χ2n) is 1.97. The summed E-state index contributed by atoms with van der Waals surface area (Å²) in [5.41, 5.74) is -0.620. The molecule has 1 N–H and O–H groups in total. The van der Waals surface area contributed by atoms with Gasteiger partial charge in [-0.25, -0.2) is 8.78 Å². The number of rotatable bonds is 2. The minimum absolute atomic E-state index is 0.279. The number of nitrogens with zero attached hydrogens (tertiary/aromatic N) is 2. The van der Waals surface area contributed by atoms with Gasteiger partial charge < -0.3 is 0 Å². The molecule has 4 nitrogen and oxygen atoms in total. The standard InChI is InChI=1S/C6H4F2N2O2/c7-4-1-2-5(8)6(3-4)10(12)9-11/h1-3,12H. The average Bonchev–Trinajstić information content (AvgIpc) is 2.08. The van der Waals surface area contributed by atoms with E-state index in [4.69, 9.17) is 5.21 Å². The first-order valence-electron chi connectivity index (χ1n) is 2.92. The Morgan fingerprint density at radius 2 is 2.08 bits per heavy atom. The van der Waals surface area contributed by atoms with Crippen LogP contribution in [0.4, 0.5) is 14.5 Å². The van der Waals surface area contributed by atoms with Gasteiger partial charge in [0.25, 0.3) is 0 Å². The lowest BCUT2D eigenvalue weighted by molar-refractivity contribution is 0.253. The third-order valence-electron chi connectivity index (χ3n) is 1.20. The van der Waals surface area contributed by atoms with Crippen molar-refractivity contribution in [1.82, 2.24) is 0 Å². The van der Waals surface area contributed by atoms with E-state index in [-0.39, 0.29) is 5.17 Å². The fourth-order valence-electron chi connectivity index (χ4n) is 0.683. The Morgan fingerprint density at radius 1 is 1.42 bits per heavy atom. The van der Waals surface area contributed by atoms with Crippen LogP contribution >= 0.6 is 0 Å². The maximum atomic E-state index is 12.6. The summed E-state index contributed by atoms with van der Waals surface area (Å²) in [5, 5.41) is 10.3. The van der Waals surface area contributed by atoms with E-state index < -0.39 is 17.3 Å². The number of anilines is 1. The second-order valence-corrected chi connectivity index (χ2v) is 1.97. The third-order valence-corrected chi connectivity index (χ3v) is 1.20. The van der Waals surface area contributed by atoms with E-state index in [1.54, 1.807) is 0 Å². The van der Waals surface area contributed by atoms with Crippen molar-refractivity contribution in [3.05, 3.63) is 34.7 Å². The van der Waals surface area contributed by atoms with Crippen molar-refractivity contribution >= 4 is 5.69 Å². The molecule has 0 heterocycles. The molecule has 0 aliphatic carbocycles. The topological polar surface area (TPSA) is 52.9 Å². The second kappa shape index (κ2) is 3.22. The van der Waals surface area contributed by atoms with Crippen molar-refractivity contribution in [3.8, 4) is 0 Å². The lowest BCUT2D eigenvalue weighted by Gasteiger charge is -2.06. The van der Waals surface area contributed by atoms with Crippen LogP contribution in [0.5, 0.6) is 0 Å². The zero-order valence-corrected chi connectivity index (χ0v) is 5.74. The van der Waals surface area contributed by atoms with E-state index in [1.807, 2.05) is 5.29 Å². The minimum atomic E-state index is -0.932. The van der Waals surface area contributed by atoms with E-state index in [2.05, 4.69) is 0 Å². The monoisotopic (exact) mass is 174 g/mol. The summed E-state index contributed by atoms with van der Waals surface area (Å²) < 4.78 is 25.0. The van der Waals surface area contributed by atoms with Crippen LogP contribution in [-0.2, 0) is 0 Å². The molecule has 6 heteroatoms. The Kier molecular flexibility index (Phi) is 2.29. The third kappa shape index (κ3) is 1.54. The summed E-state index contributed by atoms with van der Waals surface area (Å²) in [5.74, 6) is -1.70. The average molecular weight is 174 g/mol. The highest BCUT2D eigenvalue weighted by Gasteiger charge is 2.10. The maximum absolute atomic E-state index is 12.6. The fourth-order valence-corrected chi connectivity index (χ4v) is 0.683. The molecule has 1 aromatic rings. The minimum Gasteiger partial charge on any atom is -0.265 e. The zero-order chi connectivity index (χ0) is 9.14. The van der Waals surface area contributed by atoms with Gasteiger partial charge in [0.15, 0.2) is 5.82 Å². The van der Waals surface area contributed by atoms with Crippen LogP contribution in [0.15, 0.2) is 23.5 Å². The van der Waals surface area contributed by atoms with Crippen molar-refractivity contribution < 1.29 is 14.0 Å². The summed E-state index contributed by atoms with van der Waals surface area (Å²) in [7, 11) is 0. The first kappa shape index (κ1) is 8.54. The zero-order valence-electron chi connectivity index (χ0n) is 5.74. The van der Waals surface area contributed by atoms with Gasteiger partial charge in [-0.05, 0) is 12.1 Å². The first-order valence-corrected chi connectivity index (χ1v) is 2.92. The van der Waals surface area contributed by atoms with E-state index in [1.165, 1.54) is 0 Å². The summed E-state index contributed by atoms with van der Waals surface area (Å²) in [6.45, 7) is 0. The molecule has 0 saturated heterocycles. The maximum Gasteiger partial charge on any atom is 0.151 e. The van der Waals surface area contributed by atoms with Gasteiger partial charge in [-0.1, -0.05) is 0 Å². The van der Waals surface area contributed by atoms with Crippen LogP contribution in [0, 0.1) is 16.5 Å². The molecule has 0 unspecified atom stereocenters. The molecule has 0 saturated carbocycles. The predicted octanol–water partition coefficient (Wildman–Crippen LogP) is 1.84. The Bertz CT molecular complexity index is 306. The van der Waals surface area contributed by atoms with Crippen LogP contribution in [0.2, 0.25) is 0 Å². The molecule has 12 heavy (non-hydrogen) atoms. The smallest absolute Gasteiger partial charge is 0.151 e. The Labute approximate surface area is 65.9 Å². The van der Waals surface area contributed by atoms with Gasteiger partial charge in [0.05, 0.1) is 5.29 Å². The molecule has 0 aliphatic rings. The quantitative estimate of drug-likeness (QED) is 0.549. The van der Waals surface area contributed by atoms with Gasteiger partial charge >= 0.3 is 0 Å². The van der Waals surface area contributed by atoms with Gasteiger partial charge in [-0.3, -0.25) is 5.21 Å². The van der Waals surface area contributed by atoms with Crippen LogP contribution in [0.25, 0.3) is 0 Å². The van der Waals surface area contributed by atoms with Crippen LogP contribution in [0.3, 0.4) is 0 Å². The molecule has 0 bridgehead atoms. The molecule has 0 amide bonds. The largest absolute Gasteiger partial charge is 0.265 e. The summed E-state index contributed by atoms with van der Waals surface area (Å²) in [4.78, 5) is 9.71. The molecule has 64 valence electrons. The normalized spacial score (nSPS) is 9.58. The Balaban J connectivity index is 3.12. The highest BCUT2D eigenvalue weighted by molar-refractivity contribution is 5.44. The SMILES string of the molecule is O=NN(O)c1cc(F)ccc1F. The molecular formula is C6H4F2N2O2. The lowest BCUT2D eigenvalue weighted by Crippen LogP contribution is -2.10. The molecule has 0 spiro atoms. The van der Waals surface area contributed by atoms with Crippen molar-refractivity contribution in [1.29, 1.82) is 0 Å². The first-order chi connectivity index (χ1) is 5.65. The fraction of sp³-hybridized carbons (Fsp3) is 0. The van der Waals surface area contributed by atoms with Crippen molar-refractivity contribution in [2.45, 2.75) is 0 Å². The number of halogens is 2. The van der Waals surface area contributed by atoms with Crippen molar-refractivity contribution in [2.75, 3.05) is 5.17 Å². The lowest BCUT2D eigenvalue weighted by atomic mass is 10.3. The van der Waals surface area contributed by atoms with Crippen LogP contribution < -0.4 is 5.17 Å². The predicted molar refractivity (Wildman–Crippen MR) is 36.4 cm³/mol. The van der Waals surface area contributed by atoms with E-state index in [0.717, 1.165) is 12.1 Å². The molecule has 0 atom stereocenters. The van der Waals surface area contributed by atoms with Crippen LogP contribution in [0.1, 0.15) is 0 Å². The summed E-state index contributed by atoms with van der Waals surface area (Å²) in [6, 6.07) is 2.28. The van der Waals surface area contributed by atoms with E-state index in [9.17, 15) is 13.7 Å².